The molecule has 0 bridgehead atoms. The van der Waals surface area contributed by atoms with Crippen LogP contribution in [0.15, 0.2) is 72.8 Å². The van der Waals surface area contributed by atoms with Crippen LogP contribution >= 0.6 is 0 Å². The second-order valence-corrected chi connectivity index (χ2v) is 9.37. The van der Waals surface area contributed by atoms with Gasteiger partial charge in [-0.3, -0.25) is 24.2 Å². The minimum absolute atomic E-state index is 0.0178. The molecule has 5 rings (SSSR count). The highest BCUT2D eigenvalue weighted by Crippen LogP contribution is 2.35. The summed E-state index contributed by atoms with van der Waals surface area (Å²) in [7, 11) is 0. The highest BCUT2D eigenvalue weighted by molar-refractivity contribution is 6.05. The van der Waals surface area contributed by atoms with E-state index in [2.05, 4.69) is 53.4 Å². The number of hydrogen-bond acceptors (Lipinski definition) is 4. The molecule has 2 heterocycles. The van der Waals surface area contributed by atoms with Gasteiger partial charge < -0.3 is 4.90 Å². The lowest BCUT2D eigenvalue weighted by molar-refractivity contribution is -0.141. The molecule has 0 radical (unpaired) electrons. The molecule has 6 heteroatoms. The van der Waals surface area contributed by atoms with Gasteiger partial charge in [-0.2, -0.15) is 0 Å². The van der Waals surface area contributed by atoms with Crippen LogP contribution in [0.4, 0.5) is 0 Å². The molecule has 2 atom stereocenters. The van der Waals surface area contributed by atoms with Gasteiger partial charge in [0.25, 0.3) is 0 Å². The van der Waals surface area contributed by atoms with Crippen molar-refractivity contribution in [3.8, 4) is 0 Å². The minimum atomic E-state index is -0.232. The fraction of sp³-hybridized carbons (Fsp3) is 0.393. The quantitative estimate of drug-likeness (QED) is 0.494. The summed E-state index contributed by atoms with van der Waals surface area (Å²) in [6, 6.07) is 21.1. The first-order valence-corrected chi connectivity index (χ1v) is 12.3. The normalized spacial score (nSPS) is 23.0. The molecule has 34 heavy (non-hydrogen) atoms. The predicted molar refractivity (Wildman–Crippen MR) is 130 cm³/mol. The third-order valence-corrected chi connectivity index (χ3v) is 7.41. The Balaban J connectivity index is 1.19. The molecule has 3 amide bonds. The van der Waals surface area contributed by atoms with Gasteiger partial charge in [0, 0.05) is 39.1 Å². The van der Waals surface area contributed by atoms with Crippen LogP contribution in [0.25, 0.3) is 0 Å². The van der Waals surface area contributed by atoms with Gasteiger partial charge in [-0.05, 0) is 24.0 Å². The van der Waals surface area contributed by atoms with Crippen molar-refractivity contribution in [2.75, 3.05) is 32.7 Å². The number of rotatable bonds is 6. The molecule has 2 saturated heterocycles. The molecule has 2 fully saturated rings. The lowest BCUT2D eigenvalue weighted by Crippen LogP contribution is -2.50. The molecular weight excluding hydrogens is 426 g/mol. The third kappa shape index (κ3) is 4.42. The van der Waals surface area contributed by atoms with Crippen molar-refractivity contribution < 1.29 is 14.4 Å². The Bertz CT molecular complexity index is 995. The highest BCUT2D eigenvalue weighted by atomic mass is 16.2. The zero-order valence-electron chi connectivity index (χ0n) is 19.4. The average Bonchev–Trinajstić information content (AvgIpc) is 3.14. The first-order valence-electron chi connectivity index (χ1n) is 12.3. The molecule has 2 aromatic carbocycles. The minimum Gasteiger partial charge on any atom is -0.340 e. The van der Waals surface area contributed by atoms with Crippen LogP contribution in [-0.4, -0.2) is 65.1 Å². The summed E-state index contributed by atoms with van der Waals surface area (Å²) in [4.78, 5) is 43.9. The first-order chi connectivity index (χ1) is 16.6. The molecule has 0 N–H and O–H groups in total. The Morgan fingerprint density at radius 2 is 1.26 bits per heavy atom. The van der Waals surface area contributed by atoms with Crippen molar-refractivity contribution in [1.82, 2.24) is 14.7 Å². The van der Waals surface area contributed by atoms with Gasteiger partial charge in [-0.1, -0.05) is 72.8 Å². The predicted octanol–water partition coefficient (Wildman–Crippen LogP) is 3.26. The second-order valence-electron chi connectivity index (χ2n) is 9.37. The van der Waals surface area contributed by atoms with Crippen molar-refractivity contribution in [2.45, 2.75) is 25.3 Å². The summed E-state index contributed by atoms with van der Waals surface area (Å²) >= 11 is 0. The number of hydrogen-bond donors (Lipinski definition) is 0. The number of carbonyl (C=O) groups is 3. The molecule has 176 valence electrons. The van der Waals surface area contributed by atoms with E-state index in [9.17, 15) is 14.4 Å². The maximum absolute atomic E-state index is 12.9. The van der Waals surface area contributed by atoms with E-state index in [4.69, 9.17) is 0 Å². The van der Waals surface area contributed by atoms with Gasteiger partial charge >= 0.3 is 0 Å². The molecule has 2 aliphatic heterocycles. The fourth-order valence-corrected chi connectivity index (χ4v) is 5.57. The van der Waals surface area contributed by atoms with Crippen molar-refractivity contribution >= 4 is 17.7 Å². The zero-order valence-corrected chi connectivity index (χ0v) is 19.4. The zero-order chi connectivity index (χ0) is 23.5. The van der Waals surface area contributed by atoms with Crippen molar-refractivity contribution in [2.24, 2.45) is 11.8 Å². The van der Waals surface area contributed by atoms with Crippen LogP contribution in [0.1, 0.15) is 36.4 Å². The smallest absolute Gasteiger partial charge is 0.233 e. The van der Waals surface area contributed by atoms with E-state index < -0.39 is 0 Å². The third-order valence-electron chi connectivity index (χ3n) is 7.41. The van der Waals surface area contributed by atoms with E-state index in [0.717, 1.165) is 13.1 Å². The van der Waals surface area contributed by atoms with Crippen molar-refractivity contribution in [1.29, 1.82) is 0 Å². The van der Waals surface area contributed by atoms with Crippen LogP contribution in [0.3, 0.4) is 0 Å². The topological polar surface area (TPSA) is 60.9 Å². The number of allylic oxidation sites excluding steroid dienone is 2. The molecule has 0 aromatic heterocycles. The van der Waals surface area contributed by atoms with Crippen LogP contribution in [0.5, 0.6) is 0 Å². The molecule has 2 aromatic rings. The van der Waals surface area contributed by atoms with Gasteiger partial charge in [0.1, 0.15) is 0 Å². The van der Waals surface area contributed by atoms with E-state index in [1.165, 1.54) is 16.0 Å². The van der Waals surface area contributed by atoms with E-state index in [0.29, 0.717) is 25.9 Å². The standard InChI is InChI=1S/C28H31N3O3/c32-25(15-16-31-27(33)23-13-7-8-14-24(23)28(31)34)29-17-19-30(20-18-29)26(21-9-3-1-4-10-21)22-11-5-2-6-12-22/h1-12,23-24,26H,13-20H2. The average molecular weight is 458 g/mol. The number of benzene rings is 2. The van der Waals surface area contributed by atoms with E-state index in [-0.39, 0.29) is 48.6 Å². The Morgan fingerprint density at radius 1 is 0.765 bits per heavy atom. The number of fused-ring (bicyclic) bond motifs is 1. The van der Waals surface area contributed by atoms with Crippen LogP contribution < -0.4 is 0 Å². The molecule has 0 saturated carbocycles. The molecule has 0 spiro atoms. The molecule has 2 unspecified atom stereocenters. The Labute approximate surface area is 200 Å². The van der Waals surface area contributed by atoms with Gasteiger partial charge in [0.2, 0.25) is 17.7 Å². The maximum Gasteiger partial charge on any atom is 0.233 e. The van der Waals surface area contributed by atoms with Gasteiger partial charge in [-0.25, -0.2) is 0 Å². The van der Waals surface area contributed by atoms with Crippen LogP contribution in [-0.2, 0) is 14.4 Å². The van der Waals surface area contributed by atoms with Gasteiger partial charge in [-0.15, -0.1) is 0 Å². The number of piperazine rings is 1. The summed E-state index contributed by atoms with van der Waals surface area (Å²) in [5.74, 6) is -0.659. The maximum atomic E-state index is 12.9. The number of nitrogens with zero attached hydrogens (tertiary/aromatic N) is 3. The first kappa shape index (κ1) is 22.5. The summed E-state index contributed by atoms with van der Waals surface area (Å²) < 4.78 is 0. The van der Waals surface area contributed by atoms with Crippen molar-refractivity contribution in [3.63, 3.8) is 0 Å². The summed E-state index contributed by atoms with van der Waals surface area (Å²) in [6.45, 7) is 3.04. The monoisotopic (exact) mass is 457 g/mol. The van der Waals surface area contributed by atoms with E-state index in [1.54, 1.807) is 0 Å². The Morgan fingerprint density at radius 3 is 1.76 bits per heavy atom. The van der Waals surface area contributed by atoms with Gasteiger partial charge in [0.15, 0.2) is 0 Å². The summed E-state index contributed by atoms with van der Waals surface area (Å²) in [5, 5.41) is 0. The van der Waals surface area contributed by atoms with E-state index >= 15 is 0 Å². The summed E-state index contributed by atoms with van der Waals surface area (Å²) in [6.07, 6.45) is 5.43. The lowest BCUT2D eigenvalue weighted by atomic mass is 9.85. The van der Waals surface area contributed by atoms with Crippen molar-refractivity contribution in [3.05, 3.63) is 83.9 Å². The number of likely N-dealkylation sites (tertiary alicyclic amines) is 1. The van der Waals surface area contributed by atoms with Gasteiger partial charge in [0.05, 0.1) is 17.9 Å². The fourth-order valence-electron chi connectivity index (χ4n) is 5.57. The van der Waals surface area contributed by atoms with Crippen LogP contribution in [0, 0.1) is 11.8 Å². The lowest BCUT2D eigenvalue weighted by Gasteiger charge is -2.40. The molecule has 6 nitrogen and oxygen atoms in total. The SMILES string of the molecule is O=C(CCN1C(=O)C2CC=CCC2C1=O)N1CCN(C(c2ccccc2)c2ccccc2)CC1. The van der Waals surface area contributed by atoms with Crippen LogP contribution in [0.2, 0.25) is 0 Å². The summed E-state index contributed by atoms with van der Waals surface area (Å²) in [5.41, 5.74) is 2.49. The Hall–Kier alpha value is -3.25. The largest absolute Gasteiger partial charge is 0.340 e. The molecular formula is C28H31N3O3. The molecule has 1 aliphatic carbocycles. The highest BCUT2D eigenvalue weighted by Gasteiger charge is 2.47. The number of carbonyl (C=O) groups excluding carboxylic acids is 3. The second kappa shape index (κ2) is 9.94. The molecule has 3 aliphatic rings. The Kier molecular flexibility index (Phi) is 6.59. The number of amides is 3. The number of imide groups is 1. The van der Waals surface area contributed by atoms with E-state index in [1.807, 2.05) is 29.2 Å².